The normalized spacial score (nSPS) is 29.4. The maximum atomic E-state index is 11.1. The smallest absolute Gasteiger partial charge is 0.191 e. The number of rotatable bonds is 4. The molecule has 0 radical (unpaired) electrons. The Morgan fingerprint density at radius 2 is 1.97 bits per heavy atom. The average Bonchev–Trinajstić information content (AvgIpc) is 3.52. The molecule has 1 aliphatic carbocycles. The molecule has 2 heterocycles. The van der Waals surface area contributed by atoms with Crippen molar-refractivity contribution >= 4 is 0 Å². The number of aliphatic hydroxyl groups is 4. The maximum Gasteiger partial charge on any atom is 0.191 e. The number of ether oxygens (including phenoxy) is 2. The van der Waals surface area contributed by atoms with Crippen LogP contribution in [-0.2, 0) is 4.74 Å². The van der Waals surface area contributed by atoms with Gasteiger partial charge in [-0.25, -0.2) is 4.68 Å². The van der Waals surface area contributed by atoms with Crippen LogP contribution in [0.5, 0.6) is 5.75 Å². The molecule has 2 aliphatic rings. The largest absolute Gasteiger partial charge is 0.494 e. The lowest BCUT2D eigenvalue weighted by Crippen LogP contribution is -2.65. The van der Waals surface area contributed by atoms with Gasteiger partial charge >= 0.3 is 0 Å². The molecule has 4 N–H and O–H groups in total. The summed E-state index contributed by atoms with van der Waals surface area (Å²) in [4.78, 5) is 0. The zero-order valence-corrected chi connectivity index (χ0v) is 17.7. The molecule has 1 aromatic carbocycles. The van der Waals surface area contributed by atoms with E-state index in [-0.39, 0.29) is 5.92 Å². The first-order chi connectivity index (χ1) is 15.4. The molecule has 0 amide bonds. The summed E-state index contributed by atoms with van der Waals surface area (Å²) in [6.45, 7) is 1.98. The zero-order valence-electron chi connectivity index (χ0n) is 17.7. The molecule has 2 fully saturated rings. The monoisotopic (exact) mass is 438 g/mol. The van der Waals surface area contributed by atoms with E-state index in [1.165, 1.54) is 0 Å². The van der Waals surface area contributed by atoms with Crippen LogP contribution in [0.4, 0.5) is 0 Å². The van der Waals surface area contributed by atoms with Gasteiger partial charge in [0.15, 0.2) is 11.7 Å². The van der Waals surface area contributed by atoms with Gasteiger partial charge in [-0.15, -0.1) is 0 Å². The van der Waals surface area contributed by atoms with Crippen molar-refractivity contribution in [2.45, 2.75) is 49.8 Å². The summed E-state index contributed by atoms with van der Waals surface area (Å²) in [6.07, 6.45) is -0.279. The average molecular weight is 438 g/mol. The van der Waals surface area contributed by atoms with Crippen molar-refractivity contribution in [3.05, 3.63) is 42.2 Å². The zero-order chi connectivity index (χ0) is 22.7. The highest BCUT2D eigenvalue weighted by atomic mass is 16.5. The van der Waals surface area contributed by atoms with Crippen LogP contribution in [0.2, 0.25) is 0 Å². The van der Waals surface area contributed by atoms with Gasteiger partial charge in [0, 0.05) is 12.1 Å². The van der Waals surface area contributed by atoms with Gasteiger partial charge in [-0.05, 0) is 44.0 Å². The number of benzene rings is 1. The molecule has 8 nitrogen and oxygen atoms in total. The van der Waals surface area contributed by atoms with Gasteiger partial charge in [0.25, 0.3) is 0 Å². The van der Waals surface area contributed by atoms with Gasteiger partial charge in [0.2, 0.25) is 0 Å². The van der Waals surface area contributed by atoms with Crippen molar-refractivity contribution < 1.29 is 29.9 Å². The van der Waals surface area contributed by atoms with Crippen LogP contribution in [0.1, 0.15) is 25.3 Å². The van der Waals surface area contributed by atoms with Crippen molar-refractivity contribution in [2.75, 3.05) is 13.2 Å². The van der Waals surface area contributed by atoms with E-state index in [9.17, 15) is 20.4 Å². The Kier molecular flexibility index (Phi) is 6.52. The minimum atomic E-state index is -2.08. The molecule has 4 rings (SSSR count). The summed E-state index contributed by atoms with van der Waals surface area (Å²) >= 11 is 0. The Hall–Kier alpha value is -2.85. The maximum absolute atomic E-state index is 11.1. The second kappa shape index (κ2) is 9.33. The number of nitrogens with zero attached hydrogens (tertiary/aromatic N) is 2. The fourth-order valence-corrected chi connectivity index (χ4v) is 3.40. The Morgan fingerprint density at radius 1 is 1.22 bits per heavy atom. The predicted octanol–water partition coefficient (Wildman–Crippen LogP) is 0.248. The van der Waals surface area contributed by atoms with E-state index < -0.39 is 36.6 Å². The van der Waals surface area contributed by atoms with Crippen molar-refractivity contribution in [2.24, 2.45) is 5.92 Å². The molecule has 1 saturated carbocycles. The molecule has 8 heteroatoms. The highest BCUT2D eigenvalue weighted by Crippen LogP contribution is 2.32. The van der Waals surface area contributed by atoms with E-state index in [1.54, 1.807) is 17.1 Å². The summed E-state index contributed by atoms with van der Waals surface area (Å²) in [5.41, 5.74) is -0.701. The number of hydrogen-bond donors (Lipinski definition) is 4. The van der Waals surface area contributed by atoms with Gasteiger partial charge in [-0.3, -0.25) is 0 Å². The third-order valence-electron chi connectivity index (χ3n) is 5.44. The standard InChI is InChI=1S/C24H26N2O6/c1-2-31-19-8-6-18(7-9-19)26-14-17(13-25-26)5-10-21-24(30,12-11-16-3-4-16)23(29)22(28)20(15-27)32-21/h6-9,13-14,16,20-23,27-30H,2-4,15H2,1H3/t20-,21-,22-,23+,24-/m1/s1. The van der Waals surface area contributed by atoms with Crippen molar-refractivity contribution in [3.63, 3.8) is 0 Å². The molecule has 1 aliphatic heterocycles. The summed E-state index contributed by atoms with van der Waals surface area (Å²) in [6, 6.07) is 7.44. The van der Waals surface area contributed by atoms with Gasteiger partial charge in [-0.1, -0.05) is 23.7 Å². The third kappa shape index (κ3) is 4.66. The van der Waals surface area contributed by atoms with Crippen LogP contribution in [0.25, 0.3) is 5.69 Å². The molecule has 32 heavy (non-hydrogen) atoms. The summed E-state index contributed by atoms with van der Waals surface area (Å²) < 4.78 is 12.7. The minimum absolute atomic E-state index is 0.167. The van der Waals surface area contributed by atoms with E-state index in [1.807, 2.05) is 31.2 Å². The highest BCUT2D eigenvalue weighted by Gasteiger charge is 2.53. The second-order valence-corrected chi connectivity index (χ2v) is 7.91. The molecule has 5 atom stereocenters. The number of hydrogen-bond acceptors (Lipinski definition) is 7. The highest BCUT2D eigenvalue weighted by molar-refractivity contribution is 5.41. The fourth-order valence-electron chi connectivity index (χ4n) is 3.40. The number of aliphatic hydroxyl groups excluding tert-OH is 3. The topological polar surface area (TPSA) is 117 Å². The van der Waals surface area contributed by atoms with E-state index in [2.05, 4.69) is 28.8 Å². The van der Waals surface area contributed by atoms with Gasteiger partial charge < -0.3 is 29.9 Å². The quantitative estimate of drug-likeness (QED) is 0.506. The molecule has 1 aromatic heterocycles. The fraction of sp³-hybridized carbons (Fsp3) is 0.458. The minimum Gasteiger partial charge on any atom is -0.494 e. The van der Waals surface area contributed by atoms with Crippen LogP contribution < -0.4 is 4.74 Å². The second-order valence-electron chi connectivity index (χ2n) is 7.91. The van der Waals surface area contributed by atoms with Crippen LogP contribution in [0, 0.1) is 29.6 Å². The lowest BCUT2D eigenvalue weighted by molar-refractivity contribution is -0.239. The molecule has 168 valence electrons. The lowest BCUT2D eigenvalue weighted by Gasteiger charge is -2.43. The molecule has 0 unspecified atom stereocenters. The van der Waals surface area contributed by atoms with Crippen molar-refractivity contribution in [1.82, 2.24) is 9.78 Å². The number of aromatic nitrogens is 2. The Bertz CT molecular complexity index is 1060. The van der Waals surface area contributed by atoms with Gasteiger partial charge in [0.1, 0.15) is 24.1 Å². The van der Waals surface area contributed by atoms with Gasteiger partial charge in [0.05, 0.1) is 30.7 Å². The van der Waals surface area contributed by atoms with E-state index in [0.29, 0.717) is 12.2 Å². The molecule has 1 saturated heterocycles. The van der Waals surface area contributed by atoms with Crippen LogP contribution in [0.3, 0.4) is 0 Å². The lowest BCUT2D eigenvalue weighted by atomic mass is 9.82. The van der Waals surface area contributed by atoms with Crippen LogP contribution in [-0.4, -0.2) is 73.4 Å². The van der Waals surface area contributed by atoms with Gasteiger partial charge in [-0.2, -0.15) is 5.10 Å². The van der Waals surface area contributed by atoms with Crippen LogP contribution >= 0.6 is 0 Å². The van der Waals surface area contributed by atoms with Crippen molar-refractivity contribution in [3.8, 4) is 35.1 Å². The predicted molar refractivity (Wildman–Crippen MR) is 115 cm³/mol. The first-order valence-electron chi connectivity index (χ1n) is 10.6. The summed E-state index contributed by atoms with van der Waals surface area (Å²) in [5.74, 6) is 12.2. The first kappa shape index (κ1) is 22.3. The summed E-state index contributed by atoms with van der Waals surface area (Å²) in [5, 5.41) is 45.6. The third-order valence-corrected chi connectivity index (χ3v) is 5.44. The molecule has 0 spiro atoms. The molecular weight excluding hydrogens is 412 g/mol. The first-order valence-corrected chi connectivity index (χ1v) is 10.6. The van der Waals surface area contributed by atoms with E-state index in [0.717, 1.165) is 24.3 Å². The van der Waals surface area contributed by atoms with Crippen molar-refractivity contribution in [1.29, 1.82) is 0 Å². The Labute approximate surface area is 186 Å². The SMILES string of the molecule is CCOc1ccc(-n2cc(C#C[C@H]3O[C@H](CO)[C@@H](O)[C@H](O)[C@@]3(O)C#CC3CC3)cn2)cc1. The van der Waals surface area contributed by atoms with Crippen LogP contribution in [0.15, 0.2) is 36.7 Å². The van der Waals surface area contributed by atoms with E-state index in [4.69, 9.17) is 9.47 Å². The van der Waals surface area contributed by atoms with E-state index >= 15 is 0 Å². The Balaban J connectivity index is 1.57. The Morgan fingerprint density at radius 3 is 2.62 bits per heavy atom. The summed E-state index contributed by atoms with van der Waals surface area (Å²) in [7, 11) is 0. The molecule has 2 aromatic rings. The molecule has 0 bridgehead atoms. The molecular formula is C24H26N2O6.